The third-order valence-corrected chi connectivity index (χ3v) is 4.37. The van der Waals surface area contributed by atoms with Crippen molar-refractivity contribution in [2.45, 2.75) is 18.7 Å². The van der Waals surface area contributed by atoms with Gasteiger partial charge in [-0.2, -0.15) is 0 Å². The van der Waals surface area contributed by atoms with Crippen molar-refractivity contribution in [1.29, 1.82) is 0 Å². The molecule has 0 aliphatic rings. The number of halogens is 8. The van der Waals surface area contributed by atoms with E-state index < -0.39 is 49.9 Å². The van der Waals surface area contributed by atoms with E-state index >= 15 is 0 Å². The number of benzene rings is 2. The summed E-state index contributed by atoms with van der Waals surface area (Å²) in [7, 11) is -10.6. The summed E-state index contributed by atoms with van der Waals surface area (Å²) in [6.07, 6.45) is 0. The molecule has 0 amide bonds. The van der Waals surface area contributed by atoms with Crippen molar-refractivity contribution < 1.29 is 42.1 Å². The smallest absolute Gasteiger partial charge is 0.346 e. The Morgan fingerprint density at radius 1 is 0.846 bits per heavy atom. The van der Waals surface area contributed by atoms with Crippen molar-refractivity contribution in [1.82, 2.24) is 0 Å². The van der Waals surface area contributed by atoms with Gasteiger partial charge in [0.25, 0.3) is 0 Å². The van der Waals surface area contributed by atoms with Gasteiger partial charge in [-0.15, -0.1) is 0 Å². The monoisotopic (exact) mass is 406 g/mol. The Balaban J connectivity index is 2.46. The molecular weight excluding hydrogens is 396 g/mol. The summed E-state index contributed by atoms with van der Waals surface area (Å²) in [6, 6.07) is 1.89. The average molecular weight is 406 g/mol. The van der Waals surface area contributed by atoms with Gasteiger partial charge in [-0.25, -0.2) is 18.0 Å². The molecule has 0 aromatic heterocycles. The molecule has 0 unspecified atom stereocenters. The van der Waals surface area contributed by atoms with Gasteiger partial charge in [0.1, 0.15) is 11.6 Å². The van der Waals surface area contributed by atoms with E-state index in [0.717, 1.165) is 6.07 Å². The van der Waals surface area contributed by atoms with Crippen LogP contribution in [0.25, 0.3) is 0 Å². The van der Waals surface area contributed by atoms with E-state index in [2.05, 4.69) is 4.74 Å². The number of ether oxygens (including phenoxy) is 1. The third-order valence-electron chi connectivity index (χ3n) is 3.20. The Morgan fingerprint density at radius 3 is 1.77 bits per heavy atom. The van der Waals surface area contributed by atoms with E-state index in [-0.39, 0.29) is 17.7 Å². The molecule has 2 aromatic rings. The molecule has 26 heavy (non-hydrogen) atoms. The van der Waals surface area contributed by atoms with Crippen LogP contribution >= 0.6 is 10.2 Å². The van der Waals surface area contributed by atoms with Gasteiger partial charge < -0.3 is 4.74 Å². The van der Waals surface area contributed by atoms with Gasteiger partial charge >= 0.3 is 16.2 Å². The maximum Gasteiger partial charge on any atom is 0.346 e. The first kappa shape index (κ1) is 20.0. The van der Waals surface area contributed by atoms with E-state index in [1.807, 2.05) is 0 Å². The summed E-state index contributed by atoms with van der Waals surface area (Å²) in [5, 5.41) is 0. The molecule has 0 N–H and O–H groups in total. The lowest BCUT2D eigenvalue weighted by molar-refractivity contribution is 0.0728. The molecule has 11 heteroatoms. The van der Waals surface area contributed by atoms with Gasteiger partial charge in [-0.05, 0) is 31.0 Å². The largest absolute Gasteiger partial charge is 0.423 e. The molecule has 0 aliphatic heterocycles. The highest BCUT2D eigenvalue weighted by molar-refractivity contribution is 8.45. The minimum atomic E-state index is -10.6. The maximum atomic E-state index is 13.9. The molecular formula is C15H10F8O2S. The lowest BCUT2D eigenvalue weighted by Crippen LogP contribution is -2.15. The zero-order chi connectivity index (χ0) is 20.1. The lowest BCUT2D eigenvalue weighted by Gasteiger charge is -2.40. The molecule has 0 saturated heterocycles. The second kappa shape index (κ2) is 5.35. The molecule has 144 valence electrons. The number of esters is 1. The molecule has 2 nitrogen and oxygen atoms in total. The van der Waals surface area contributed by atoms with Crippen LogP contribution in [0.1, 0.15) is 21.5 Å². The summed E-state index contributed by atoms with van der Waals surface area (Å²) < 4.78 is 108. The highest BCUT2D eigenvalue weighted by atomic mass is 32.5. The molecule has 2 aromatic carbocycles. The normalized spacial score (nSPS) is 14.5. The lowest BCUT2D eigenvalue weighted by atomic mass is 10.1. The Morgan fingerprint density at radius 2 is 1.35 bits per heavy atom. The number of rotatable bonds is 3. The van der Waals surface area contributed by atoms with Gasteiger partial charge in [0, 0.05) is 12.1 Å². The molecule has 0 bridgehead atoms. The summed E-state index contributed by atoms with van der Waals surface area (Å²) in [6.45, 7) is 2.85. The minimum Gasteiger partial charge on any atom is -0.423 e. The fourth-order valence-corrected chi connectivity index (χ4v) is 3.15. The predicted octanol–water partition coefficient (Wildman–Crippen LogP) is 6.60. The zero-order valence-corrected chi connectivity index (χ0v) is 13.9. The van der Waals surface area contributed by atoms with E-state index in [4.69, 9.17) is 0 Å². The average Bonchev–Trinajstić information content (AvgIpc) is 2.31. The van der Waals surface area contributed by atoms with Crippen molar-refractivity contribution in [2.24, 2.45) is 0 Å². The maximum absolute atomic E-state index is 13.9. The van der Waals surface area contributed by atoms with Crippen LogP contribution in [0.2, 0.25) is 0 Å². The summed E-state index contributed by atoms with van der Waals surface area (Å²) in [4.78, 5) is 8.58. The van der Waals surface area contributed by atoms with E-state index in [0.29, 0.717) is 5.56 Å². The SMILES string of the molecule is Cc1cc(C)c(C(=O)Oc2cc(F)c(S(F)(F)(F)(F)F)c(F)c2)c(F)c1. The fourth-order valence-electron chi connectivity index (χ4n) is 2.30. The van der Waals surface area contributed by atoms with E-state index in [1.165, 1.54) is 19.9 Å². The van der Waals surface area contributed by atoms with Crippen LogP contribution in [0, 0.1) is 31.3 Å². The van der Waals surface area contributed by atoms with Crippen LogP contribution in [-0.2, 0) is 0 Å². The highest BCUT2D eigenvalue weighted by Gasteiger charge is 2.69. The number of aryl methyl sites for hydroxylation is 2. The topological polar surface area (TPSA) is 26.3 Å². The molecule has 0 radical (unpaired) electrons. The Bertz CT molecular complexity index is 876. The molecule has 0 heterocycles. The quantitative estimate of drug-likeness (QED) is 0.326. The molecule has 0 aliphatic carbocycles. The van der Waals surface area contributed by atoms with Gasteiger partial charge in [0.15, 0.2) is 16.5 Å². The van der Waals surface area contributed by atoms with Gasteiger partial charge in [0.2, 0.25) is 0 Å². The summed E-state index contributed by atoms with van der Waals surface area (Å²) in [5.74, 6) is -8.94. The van der Waals surface area contributed by atoms with Gasteiger partial charge in [-0.3, -0.25) is 0 Å². The van der Waals surface area contributed by atoms with Crippen LogP contribution in [0.3, 0.4) is 0 Å². The number of carbonyl (C=O) groups is 1. The zero-order valence-electron chi connectivity index (χ0n) is 13.1. The second-order valence-corrected chi connectivity index (χ2v) is 7.86. The summed E-state index contributed by atoms with van der Waals surface area (Å²) >= 11 is 0. The second-order valence-electron chi connectivity index (χ2n) is 5.51. The van der Waals surface area contributed by atoms with Crippen LogP contribution in [0.4, 0.5) is 32.6 Å². The van der Waals surface area contributed by atoms with Crippen LogP contribution in [0.5, 0.6) is 5.75 Å². The highest BCUT2D eigenvalue weighted by Crippen LogP contribution is 3.02. The van der Waals surface area contributed by atoms with Gasteiger partial charge in [-0.1, -0.05) is 25.5 Å². The van der Waals surface area contributed by atoms with E-state index in [9.17, 15) is 37.4 Å². The van der Waals surface area contributed by atoms with E-state index in [1.54, 1.807) is 0 Å². The Labute approximate surface area is 142 Å². The van der Waals surface area contributed by atoms with Crippen LogP contribution in [0.15, 0.2) is 29.2 Å². The van der Waals surface area contributed by atoms with Crippen molar-refractivity contribution in [3.05, 3.63) is 58.4 Å². The van der Waals surface area contributed by atoms with Crippen LogP contribution < -0.4 is 4.74 Å². The fraction of sp³-hybridized carbons (Fsp3) is 0.133. The van der Waals surface area contributed by atoms with Crippen molar-refractivity contribution >= 4 is 16.2 Å². The van der Waals surface area contributed by atoms with Crippen molar-refractivity contribution in [2.75, 3.05) is 0 Å². The molecule has 0 atom stereocenters. The first-order valence-corrected chi connectivity index (χ1v) is 8.67. The molecule has 0 fully saturated rings. The Kier molecular flexibility index (Phi) is 4.12. The van der Waals surface area contributed by atoms with Crippen molar-refractivity contribution in [3.63, 3.8) is 0 Å². The standard InChI is InChI=1S/C15H10F8O2S/c1-7-3-8(2)13(10(16)4-7)15(24)25-9-5-11(17)14(12(18)6-9)26(19,20,21,22)23/h3-6H,1-2H3. The first-order chi connectivity index (χ1) is 11.5. The predicted molar refractivity (Wildman–Crippen MR) is 78.6 cm³/mol. The number of hydrogen-bond donors (Lipinski definition) is 0. The minimum absolute atomic E-state index is 0.0945. The summed E-state index contributed by atoms with van der Waals surface area (Å²) in [5.41, 5.74) is -0.0702. The molecule has 0 saturated carbocycles. The van der Waals surface area contributed by atoms with Gasteiger partial charge in [0.05, 0.1) is 5.56 Å². The molecule has 2 rings (SSSR count). The number of hydrogen-bond acceptors (Lipinski definition) is 2. The first-order valence-electron chi connectivity index (χ1n) is 6.71. The number of carbonyl (C=O) groups excluding carboxylic acids is 1. The third kappa shape index (κ3) is 4.09. The van der Waals surface area contributed by atoms with Crippen molar-refractivity contribution in [3.8, 4) is 5.75 Å². The Hall–Kier alpha value is -2.30. The van der Waals surface area contributed by atoms with Crippen LogP contribution in [-0.4, -0.2) is 5.97 Å². The molecule has 0 spiro atoms.